The Kier molecular flexibility index (Phi) is 4.39. The summed E-state index contributed by atoms with van der Waals surface area (Å²) in [4.78, 5) is 10.8. The quantitative estimate of drug-likeness (QED) is 0.548. The number of cyclic esters (lactones) is 1. The molecule has 1 unspecified atom stereocenters. The fraction of sp³-hybridized carbons (Fsp3) is 0.300. The lowest BCUT2D eigenvalue weighted by Gasteiger charge is -2.07. The van der Waals surface area contributed by atoms with E-state index < -0.39 is 0 Å². The highest BCUT2D eigenvalue weighted by atomic mass is 35.5. The maximum Gasteiger partial charge on any atom is 0.407 e. The number of nitrogens with two attached hydrogens (primary N) is 1. The second kappa shape index (κ2) is 5.58. The van der Waals surface area contributed by atoms with E-state index in [0.717, 1.165) is 17.7 Å². The summed E-state index contributed by atoms with van der Waals surface area (Å²) in [5.41, 5.74) is 4.57. The van der Waals surface area contributed by atoms with E-state index in [-0.39, 0.29) is 24.5 Å². The Morgan fingerprint density at radius 3 is 2.62 bits per heavy atom. The van der Waals surface area contributed by atoms with Gasteiger partial charge in [-0.15, -0.1) is 12.4 Å². The van der Waals surface area contributed by atoms with Crippen LogP contribution in [0.2, 0.25) is 0 Å². The van der Waals surface area contributed by atoms with Crippen molar-refractivity contribution in [1.82, 2.24) is 5.32 Å². The van der Waals surface area contributed by atoms with Crippen LogP contribution in [0.1, 0.15) is 5.56 Å². The molecule has 2 rings (SSSR count). The summed E-state index contributed by atoms with van der Waals surface area (Å²) in [5.74, 6) is 5.25. The van der Waals surface area contributed by atoms with Gasteiger partial charge in [0, 0.05) is 5.69 Å². The van der Waals surface area contributed by atoms with E-state index in [1.165, 1.54) is 0 Å². The molecule has 5 nitrogen and oxygen atoms in total. The Bertz CT molecular complexity index is 356. The SMILES string of the molecule is Cl.NNc1ccc(CC2COC(=O)N2)cc1. The maximum absolute atomic E-state index is 10.8. The second-order valence-corrected chi connectivity index (χ2v) is 3.49. The van der Waals surface area contributed by atoms with Crippen LogP contribution in [0.25, 0.3) is 0 Å². The molecule has 88 valence electrons. The molecule has 4 N–H and O–H groups in total. The molecule has 0 spiro atoms. The molecule has 0 aromatic heterocycles. The van der Waals surface area contributed by atoms with Gasteiger partial charge in [0.05, 0.1) is 6.04 Å². The summed E-state index contributed by atoms with van der Waals surface area (Å²) in [5, 5.41) is 2.73. The van der Waals surface area contributed by atoms with Crippen LogP contribution in [0.3, 0.4) is 0 Å². The first-order valence-corrected chi connectivity index (χ1v) is 4.77. The van der Waals surface area contributed by atoms with Gasteiger partial charge in [0.2, 0.25) is 0 Å². The Morgan fingerprint density at radius 2 is 2.12 bits per heavy atom. The molecule has 1 heterocycles. The normalized spacial score (nSPS) is 18.3. The fourth-order valence-corrected chi connectivity index (χ4v) is 1.56. The zero-order chi connectivity index (χ0) is 10.7. The summed E-state index contributed by atoms with van der Waals surface area (Å²) in [6.07, 6.45) is 0.441. The number of halogens is 1. The van der Waals surface area contributed by atoms with Gasteiger partial charge in [-0.3, -0.25) is 5.84 Å². The number of benzene rings is 1. The minimum absolute atomic E-state index is 0. The smallest absolute Gasteiger partial charge is 0.407 e. The van der Waals surface area contributed by atoms with E-state index >= 15 is 0 Å². The second-order valence-electron chi connectivity index (χ2n) is 3.49. The van der Waals surface area contributed by atoms with Crippen molar-refractivity contribution in [3.05, 3.63) is 29.8 Å². The molecule has 1 aromatic carbocycles. The summed E-state index contributed by atoms with van der Waals surface area (Å²) in [6.45, 7) is 0.440. The third-order valence-corrected chi connectivity index (χ3v) is 2.34. The molecule has 16 heavy (non-hydrogen) atoms. The van der Waals surface area contributed by atoms with Crippen LogP contribution >= 0.6 is 12.4 Å². The average molecular weight is 244 g/mol. The van der Waals surface area contributed by atoms with Crippen LogP contribution in [0.4, 0.5) is 10.5 Å². The molecule has 0 saturated carbocycles. The average Bonchev–Trinajstić information content (AvgIpc) is 2.65. The number of rotatable bonds is 3. The van der Waals surface area contributed by atoms with Gasteiger partial charge in [-0.1, -0.05) is 12.1 Å². The molecule has 1 atom stereocenters. The van der Waals surface area contributed by atoms with E-state index in [9.17, 15) is 4.79 Å². The topological polar surface area (TPSA) is 76.4 Å². The number of hydrogen-bond donors (Lipinski definition) is 3. The number of hydrogen-bond acceptors (Lipinski definition) is 4. The maximum atomic E-state index is 10.8. The van der Waals surface area contributed by atoms with Gasteiger partial charge in [0.25, 0.3) is 0 Å². The largest absolute Gasteiger partial charge is 0.447 e. The lowest BCUT2D eigenvalue weighted by Crippen LogP contribution is -2.28. The van der Waals surface area contributed by atoms with Gasteiger partial charge in [0.15, 0.2) is 0 Å². The zero-order valence-electron chi connectivity index (χ0n) is 8.60. The number of hydrazine groups is 1. The standard InChI is InChI=1S/C10H13N3O2.ClH/c11-13-8-3-1-7(2-4-8)5-9-6-15-10(14)12-9;/h1-4,9,13H,5-6,11H2,(H,12,14);1H. The highest BCUT2D eigenvalue weighted by Crippen LogP contribution is 2.11. The molecule has 0 radical (unpaired) electrons. The molecular formula is C10H14ClN3O2. The number of alkyl carbamates (subject to hydrolysis) is 1. The van der Waals surface area contributed by atoms with Crippen molar-refractivity contribution < 1.29 is 9.53 Å². The Balaban J connectivity index is 0.00000128. The van der Waals surface area contributed by atoms with Gasteiger partial charge >= 0.3 is 6.09 Å². The van der Waals surface area contributed by atoms with Crippen molar-refractivity contribution in [2.75, 3.05) is 12.0 Å². The van der Waals surface area contributed by atoms with Gasteiger partial charge in [0.1, 0.15) is 6.61 Å². The number of nitrogen functional groups attached to an aromatic ring is 1. The first-order valence-electron chi connectivity index (χ1n) is 4.77. The molecule has 1 fully saturated rings. The third kappa shape index (κ3) is 3.01. The molecular weight excluding hydrogens is 230 g/mol. The predicted molar refractivity (Wildman–Crippen MR) is 63.5 cm³/mol. The summed E-state index contributed by atoms with van der Waals surface area (Å²) in [6, 6.07) is 7.81. The van der Waals surface area contributed by atoms with Crippen molar-refractivity contribution in [2.24, 2.45) is 5.84 Å². The summed E-state index contributed by atoms with van der Waals surface area (Å²) in [7, 11) is 0. The number of nitrogens with one attached hydrogen (secondary N) is 2. The van der Waals surface area contributed by atoms with Crippen molar-refractivity contribution in [3.63, 3.8) is 0 Å². The van der Waals surface area contributed by atoms with Crippen LogP contribution in [0, 0.1) is 0 Å². The van der Waals surface area contributed by atoms with Crippen molar-refractivity contribution in [3.8, 4) is 0 Å². The minimum atomic E-state index is -0.333. The number of amides is 1. The van der Waals surface area contributed by atoms with Gasteiger partial charge in [-0.05, 0) is 24.1 Å². The summed E-state index contributed by atoms with van der Waals surface area (Å²) < 4.78 is 4.80. The molecule has 1 saturated heterocycles. The highest BCUT2D eigenvalue weighted by Gasteiger charge is 2.21. The van der Waals surface area contributed by atoms with Gasteiger partial charge in [-0.2, -0.15) is 0 Å². The lowest BCUT2D eigenvalue weighted by atomic mass is 10.1. The van der Waals surface area contributed by atoms with Crippen LogP contribution < -0.4 is 16.6 Å². The van der Waals surface area contributed by atoms with Gasteiger partial charge in [-0.25, -0.2) is 4.79 Å². The fourth-order valence-electron chi connectivity index (χ4n) is 1.56. The highest BCUT2D eigenvalue weighted by molar-refractivity contribution is 5.85. The lowest BCUT2D eigenvalue weighted by molar-refractivity contribution is 0.177. The number of carbonyl (C=O) groups excluding carboxylic acids is 1. The molecule has 0 bridgehead atoms. The number of anilines is 1. The Labute approximate surface area is 99.7 Å². The molecule has 1 amide bonds. The van der Waals surface area contributed by atoms with Crippen LogP contribution in [-0.2, 0) is 11.2 Å². The van der Waals surface area contributed by atoms with E-state index in [1.807, 2.05) is 24.3 Å². The van der Waals surface area contributed by atoms with Crippen molar-refractivity contribution in [2.45, 2.75) is 12.5 Å². The Hall–Kier alpha value is -1.46. The number of carbonyl (C=O) groups is 1. The third-order valence-electron chi connectivity index (χ3n) is 2.34. The first kappa shape index (κ1) is 12.6. The zero-order valence-corrected chi connectivity index (χ0v) is 9.42. The predicted octanol–water partition coefficient (Wildman–Crippen LogP) is 1.04. The Morgan fingerprint density at radius 1 is 1.44 bits per heavy atom. The van der Waals surface area contributed by atoms with Crippen LogP contribution in [-0.4, -0.2) is 18.7 Å². The summed E-state index contributed by atoms with van der Waals surface area (Å²) >= 11 is 0. The van der Waals surface area contributed by atoms with Crippen molar-refractivity contribution >= 4 is 24.2 Å². The van der Waals surface area contributed by atoms with E-state index in [2.05, 4.69) is 10.7 Å². The molecule has 6 heteroatoms. The van der Waals surface area contributed by atoms with Crippen LogP contribution in [0.5, 0.6) is 0 Å². The van der Waals surface area contributed by atoms with E-state index in [0.29, 0.717) is 6.61 Å². The first-order chi connectivity index (χ1) is 7.28. The minimum Gasteiger partial charge on any atom is -0.447 e. The van der Waals surface area contributed by atoms with Crippen molar-refractivity contribution in [1.29, 1.82) is 0 Å². The monoisotopic (exact) mass is 243 g/mol. The van der Waals surface area contributed by atoms with E-state index in [1.54, 1.807) is 0 Å². The number of ether oxygens (including phenoxy) is 1. The van der Waals surface area contributed by atoms with E-state index in [4.69, 9.17) is 10.6 Å². The molecule has 1 aromatic rings. The molecule has 1 aliphatic heterocycles. The van der Waals surface area contributed by atoms with Gasteiger partial charge < -0.3 is 15.5 Å². The molecule has 0 aliphatic carbocycles. The molecule has 1 aliphatic rings. The van der Waals surface area contributed by atoms with Crippen LogP contribution in [0.15, 0.2) is 24.3 Å².